The van der Waals surface area contributed by atoms with Crippen LogP contribution in [0.15, 0.2) is 0 Å². The molecule has 1 rings (SSSR count). The van der Waals surface area contributed by atoms with Crippen molar-refractivity contribution in [3.63, 3.8) is 0 Å². The highest BCUT2D eigenvalue weighted by Gasteiger charge is 2.58. The number of carbonyl (C=O) groups is 2. The molecule has 4 nitrogen and oxygen atoms in total. The number of amides is 1. The first-order valence-electron chi connectivity index (χ1n) is 6.78. The van der Waals surface area contributed by atoms with Crippen LogP contribution in [0.1, 0.15) is 51.9 Å². The van der Waals surface area contributed by atoms with E-state index in [0.717, 1.165) is 38.5 Å². The zero-order valence-corrected chi connectivity index (χ0v) is 11.4. The van der Waals surface area contributed by atoms with Gasteiger partial charge in [-0.25, -0.2) is 4.79 Å². The Hall–Kier alpha value is -1.27. The maximum Gasteiger partial charge on any atom is 0.422 e. The molecule has 7 heteroatoms. The van der Waals surface area contributed by atoms with Crippen LogP contribution in [0.3, 0.4) is 0 Å². The highest BCUT2D eigenvalue weighted by molar-refractivity contribution is 5.87. The molecule has 0 spiro atoms. The molecule has 1 amide bonds. The van der Waals surface area contributed by atoms with Crippen molar-refractivity contribution in [3.8, 4) is 0 Å². The average molecular weight is 295 g/mol. The molecule has 116 valence electrons. The first-order valence-corrected chi connectivity index (χ1v) is 6.78. The standard InChI is InChI=1S/C13H20F3NO3/c1-12(11(19)20,13(14,15)16)17-10(18)8-9-6-4-2-3-5-7-9/h9H,2-8H2,1H3,(H,17,18)(H,19,20). The third-order valence-electron chi connectivity index (χ3n) is 3.83. The molecular formula is C13H20F3NO3. The summed E-state index contributed by atoms with van der Waals surface area (Å²) in [4.78, 5) is 22.5. The Balaban J connectivity index is 2.65. The van der Waals surface area contributed by atoms with Crippen molar-refractivity contribution in [3.05, 3.63) is 0 Å². The molecule has 0 saturated heterocycles. The zero-order valence-electron chi connectivity index (χ0n) is 11.4. The van der Waals surface area contributed by atoms with Gasteiger partial charge in [-0.3, -0.25) is 4.79 Å². The van der Waals surface area contributed by atoms with E-state index in [-0.39, 0.29) is 12.3 Å². The largest absolute Gasteiger partial charge is 0.479 e. The van der Waals surface area contributed by atoms with Gasteiger partial charge in [0, 0.05) is 6.42 Å². The van der Waals surface area contributed by atoms with Crippen molar-refractivity contribution in [2.75, 3.05) is 0 Å². The molecular weight excluding hydrogens is 275 g/mol. The fraction of sp³-hybridized carbons (Fsp3) is 0.846. The Morgan fingerprint density at radius 1 is 1.15 bits per heavy atom. The average Bonchev–Trinajstić information content (AvgIpc) is 2.55. The van der Waals surface area contributed by atoms with Gasteiger partial charge < -0.3 is 10.4 Å². The fourth-order valence-corrected chi connectivity index (χ4v) is 2.41. The number of alkyl halides is 3. The highest BCUT2D eigenvalue weighted by Crippen LogP contribution is 2.31. The molecule has 0 aliphatic heterocycles. The van der Waals surface area contributed by atoms with E-state index >= 15 is 0 Å². The van der Waals surface area contributed by atoms with Gasteiger partial charge in [-0.1, -0.05) is 25.7 Å². The lowest BCUT2D eigenvalue weighted by Crippen LogP contribution is -2.62. The minimum absolute atomic E-state index is 0.0427. The smallest absolute Gasteiger partial charge is 0.422 e. The maximum atomic E-state index is 12.8. The maximum absolute atomic E-state index is 12.8. The first kappa shape index (κ1) is 16.8. The number of aliphatic carboxylic acids is 1. The number of hydrogen-bond donors (Lipinski definition) is 2. The van der Waals surface area contributed by atoms with Crippen molar-refractivity contribution in [2.24, 2.45) is 5.92 Å². The zero-order chi connectivity index (χ0) is 15.4. The highest BCUT2D eigenvalue weighted by atomic mass is 19.4. The molecule has 1 unspecified atom stereocenters. The van der Waals surface area contributed by atoms with Gasteiger partial charge in [-0.2, -0.15) is 13.2 Å². The molecule has 1 aliphatic rings. The van der Waals surface area contributed by atoms with Gasteiger partial charge >= 0.3 is 12.1 Å². The van der Waals surface area contributed by atoms with E-state index in [0.29, 0.717) is 6.92 Å². The van der Waals surface area contributed by atoms with Gasteiger partial charge in [0.15, 0.2) is 0 Å². The molecule has 1 saturated carbocycles. The summed E-state index contributed by atoms with van der Waals surface area (Å²) < 4.78 is 38.3. The molecule has 2 N–H and O–H groups in total. The molecule has 0 heterocycles. The summed E-state index contributed by atoms with van der Waals surface area (Å²) in [6.07, 6.45) is 0.630. The molecule has 0 aromatic heterocycles. The van der Waals surface area contributed by atoms with E-state index in [2.05, 4.69) is 0 Å². The summed E-state index contributed by atoms with van der Waals surface area (Å²) in [7, 11) is 0. The van der Waals surface area contributed by atoms with E-state index < -0.39 is 23.6 Å². The topological polar surface area (TPSA) is 66.4 Å². The summed E-state index contributed by atoms with van der Waals surface area (Å²) in [6.45, 7) is 0.473. The van der Waals surface area contributed by atoms with Crippen LogP contribution in [0, 0.1) is 5.92 Å². The van der Waals surface area contributed by atoms with Crippen LogP contribution in [-0.2, 0) is 9.59 Å². The van der Waals surface area contributed by atoms with Gasteiger partial charge in [-0.05, 0) is 25.7 Å². The number of carboxylic acid groups (broad SMARTS) is 1. The molecule has 1 fully saturated rings. The number of carboxylic acids is 1. The predicted molar refractivity (Wildman–Crippen MR) is 66.0 cm³/mol. The minimum atomic E-state index is -5.03. The van der Waals surface area contributed by atoms with Crippen molar-refractivity contribution < 1.29 is 27.9 Å². The van der Waals surface area contributed by atoms with Gasteiger partial charge in [0.05, 0.1) is 0 Å². The Bertz CT molecular complexity index is 362. The van der Waals surface area contributed by atoms with Crippen LogP contribution in [0.25, 0.3) is 0 Å². The summed E-state index contributed by atoms with van der Waals surface area (Å²) in [6, 6.07) is 0. The second-order valence-electron chi connectivity index (χ2n) is 5.54. The second-order valence-corrected chi connectivity index (χ2v) is 5.54. The summed E-state index contributed by atoms with van der Waals surface area (Å²) >= 11 is 0. The van der Waals surface area contributed by atoms with Crippen molar-refractivity contribution >= 4 is 11.9 Å². The van der Waals surface area contributed by atoms with Crippen LogP contribution >= 0.6 is 0 Å². The number of rotatable bonds is 4. The summed E-state index contributed by atoms with van der Waals surface area (Å²) in [5.74, 6) is -2.90. The van der Waals surface area contributed by atoms with Gasteiger partial charge in [0.25, 0.3) is 0 Å². The fourth-order valence-electron chi connectivity index (χ4n) is 2.41. The Labute approximate surface area is 115 Å². The van der Waals surface area contributed by atoms with Crippen LogP contribution in [0.5, 0.6) is 0 Å². The monoisotopic (exact) mass is 295 g/mol. The molecule has 0 aromatic carbocycles. The predicted octanol–water partition coefficient (Wildman–Crippen LogP) is 2.87. The van der Waals surface area contributed by atoms with Crippen LogP contribution in [0.4, 0.5) is 13.2 Å². The quantitative estimate of drug-likeness (QED) is 0.784. The van der Waals surface area contributed by atoms with Crippen LogP contribution < -0.4 is 5.32 Å². The molecule has 0 aromatic rings. The molecule has 0 bridgehead atoms. The van der Waals surface area contributed by atoms with Crippen LogP contribution in [0.2, 0.25) is 0 Å². The number of nitrogens with one attached hydrogen (secondary N) is 1. The molecule has 20 heavy (non-hydrogen) atoms. The third-order valence-corrected chi connectivity index (χ3v) is 3.83. The minimum Gasteiger partial charge on any atom is -0.479 e. The molecule has 1 atom stereocenters. The van der Waals surface area contributed by atoms with Crippen molar-refractivity contribution in [2.45, 2.75) is 63.6 Å². The van der Waals surface area contributed by atoms with E-state index in [1.54, 1.807) is 5.32 Å². The number of carbonyl (C=O) groups excluding carboxylic acids is 1. The summed E-state index contributed by atoms with van der Waals surface area (Å²) in [5, 5.41) is 10.4. The first-order chi connectivity index (χ1) is 9.17. The van der Waals surface area contributed by atoms with Gasteiger partial charge in [0.2, 0.25) is 11.4 Å². The number of hydrogen-bond acceptors (Lipinski definition) is 2. The van der Waals surface area contributed by atoms with Gasteiger partial charge in [0.1, 0.15) is 0 Å². The van der Waals surface area contributed by atoms with E-state index in [1.807, 2.05) is 0 Å². The van der Waals surface area contributed by atoms with Crippen molar-refractivity contribution in [1.29, 1.82) is 0 Å². The normalized spacial score (nSPS) is 20.8. The van der Waals surface area contributed by atoms with Crippen LogP contribution in [-0.4, -0.2) is 28.7 Å². The molecule has 0 radical (unpaired) electrons. The lowest BCUT2D eigenvalue weighted by molar-refractivity contribution is -0.207. The Morgan fingerprint density at radius 2 is 1.65 bits per heavy atom. The third kappa shape index (κ3) is 4.11. The Kier molecular flexibility index (Phi) is 5.42. The summed E-state index contributed by atoms with van der Waals surface area (Å²) in [5.41, 5.74) is -3.23. The lowest BCUT2D eigenvalue weighted by Gasteiger charge is -2.29. The van der Waals surface area contributed by atoms with E-state index in [9.17, 15) is 22.8 Å². The second kappa shape index (κ2) is 6.45. The molecule has 1 aliphatic carbocycles. The van der Waals surface area contributed by atoms with E-state index in [4.69, 9.17) is 5.11 Å². The number of halogens is 3. The SMILES string of the molecule is CC(NC(=O)CC1CCCCCC1)(C(=O)O)C(F)(F)F. The van der Waals surface area contributed by atoms with E-state index in [1.165, 1.54) is 0 Å². The van der Waals surface area contributed by atoms with Gasteiger partial charge in [-0.15, -0.1) is 0 Å². The van der Waals surface area contributed by atoms with Crippen molar-refractivity contribution in [1.82, 2.24) is 5.32 Å². The lowest BCUT2D eigenvalue weighted by atomic mass is 9.95. The Morgan fingerprint density at radius 3 is 2.05 bits per heavy atom.